The van der Waals surface area contributed by atoms with Crippen LogP contribution in [0.15, 0.2) is 0 Å². The Kier molecular flexibility index (Phi) is 1.99. The molecule has 2 saturated heterocycles. The van der Waals surface area contributed by atoms with E-state index in [1.54, 1.807) is 0 Å². The fourth-order valence-electron chi connectivity index (χ4n) is 11.6. The van der Waals surface area contributed by atoms with Crippen LogP contribution < -0.4 is 0 Å². The van der Waals surface area contributed by atoms with Crippen LogP contribution in [0.1, 0.15) is 39.5 Å². The lowest BCUT2D eigenvalue weighted by atomic mass is 9.62. The Morgan fingerprint density at radius 3 is 2.04 bits per heavy atom. The van der Waals surface area contributed by atoms with Crippen molar-refractivity contribution in [1.82, 2.24) is 0 Å². The molecule has 6 aliphatic carbocycles. The second kappa shape index (κ2) is 3.63. The monoisotopic (exact) mass is 340 g/mol. The number of fused-ring (bicyclic) bond motifs is 1. The van der Waals surface area contributed by atoms with Gasteiger partial charge >= 0.3 is 0 Å². The Morgan fingerprint density at radius 1 is 0.760 bits per heavy atom. The summed E-state index contributed by atoms with van der Waals surface area (Å²) in [6.45, 7) is 4.92. The Morgan fingerprint density at radius 2 is 1.36 bits per heavy atom. The highest BCUT2D eigenvalue weighted by Gasteiger charge is 2.86. The fourth-order valence-corrected chi connectivity index (χ4v) is 11.6. The van der Waals surface area contributed by atoms with Crippen molar-refractivity contribution in [2.75, 3.05) is 0 Å². The molecule has 4 bridgehead atoms. The molecule has 0 amide bonds. The number of carbonyl (C=O) groups excluding carboxylic acids is 1. The Bertz CT molecular complexity index is 720. The molecule has 0 unspecified atom stereocenters. The molecule has 0 radical (unpaired) electrons. The van der Waals surface area contributed by atoms with Crippen molar-refractivity contribution in [3.63, 3.8) is 0 Å². The van der Waals surface area contributed by atoms with Crippen LogP contribution in [0.3, 0.4) is 0 Å². The number of ether oxygens (including phenoxy) is 2. The van der Waals surface area contributed by atoms with Crippen molar-refractivity contribution >= 4 is 6.29 Å². The zero-order valence-corrected chi connectivity index (χ0v) is 15.1. The molecule has 0 aromatic rings. The van der Waals surface area contributed by atoms with Gasteiger partial charge in [0.05, 0.1) is 12.2 Å². The van der Waals surface area contributed by atoms with Crippen molar-refractivity contribution in [2.45, 2.75) is 58.0 Å². The van der Waals surface area contributed by atoms with E-state index in [1.165, 1.54) is 32.0 Å². The van der Waals surface area contributed by atoms with E-state index in [1.807, 2.05) is 0 Å². The van der Waals surface area contributed by atoms with Gasteiger partial charge in [0.25, 0.3) is 0 Å². The molecule has 3 heteroatoms. The first-order chi connectivity index (χ1) is 12.1. The van der Waals surface area contributed by atoms with E-state index in [9.17, 15) is 4.79 Å². The average molecular weight is 340 g/mol. The third-order valence-electron chi connectivity index (χ3n) is 11.5. The highest BCUT2D eigenvalue weighted by atomic mass is 16.7. The number of rotatable bonds is 1. The van der Waals surface area contributed by atoms with E-state index < -0.39 is 0 Å². The summed E-state index contributed by atoms with van der Waals surface area (Å²) in [5.41, 5.74) is 0.134. The van der Waals surface area contributed by atoms with E-state index in [0.717, 1.165) is 41.4 Å². The summed E-state index contributed by atoms with van der Waals surface area (Å²) in [4.78, 5) is 12.6. The van der Waals surface area contributed by atoms with E-state index in [4.69, 9.17) is 9.47 Å². The minimum absolute atomic E-state index is 0.0492. The van der Waals surface area contributed by atoms with Gasteiger partial charge in [0, 0.05) is 10.8 Å². The van der Waals surface area contributed by atoms with Crippen LogP contribution in [0.5, 0.6) is 0 Å². The molecule has 0 N–H and O–H groups in total. The lowest BCUT2D eigenvalue weighted by Crippen LogP contribution is -2.55. The first-order valence-corrected chi connectivity index (χ1v) is 10.9. The highest BCUT2D eigenvalue weighted by molar-refractivity contribution is 5.63. The second-order valence-electron chi connectivity index (χ2n) is 11.4. The second-order valence-corrected chi connectivity index (χ2v) is 11.4. The molecule has 8 fully saturated rings. The van der Waals surface area contributed by atoms with E-state index >= 15 is 0 Å². The average Bonchev–Trinajstić information content (AvgIpc) is 3.32. The summed E-state index contributed by atoms with van der Waals surface area (Å²) in [7, 11) is 0. The maximum Gasteiger partial charge on any atom is 0.164 e. The molecule has 2 aliphatic heterocycles. The Balaban J connectivity index is 1.48. The molecule has 0 aromatic heterocycles. The van der Waals surface area contributed by atoms with E-state index in [2.05, 4.69) is 13.8 Å². The van der Waals surface area contributed by atoms with Gasteiger partial charge < -0.3 is 14.3 Å². The lowest BCUT2D eigenvalue weighted by molar-refractivity contribution is -0.302. The minimum atomic E-state index is -0.0932. The van der Waals surface area contributed by atoms with Crippen LogP contribution in [0.25, 0.3) is 0 Å². The summed E-state index contributed by atoms with van der Waals surface area (Å²) in [6.07, 6.45) is 7.30. The maximum absolute atomic E-state index is 12.6. The van der Waals surface area contributed by atoms with Crippen molar-refractivity contribution in [2.24, 2.45) is 70.0 Å². The molecule has 8 aliphatic rings. The third kappa shape index (κ3) is 1.04. The van der Waals surface area contributed by atoms with Gasteiger partial charge in [-0.15, -0.1) is 0 Å². The zero-order chi connectivity index (χ0) is 16.5. The Labute approximate surface area is 149 Å². The van der Waals surface area contributed by atoms with Crippen LogP contribution in [0.2, 0.25) is 0 Å². The number of carbonyl (C=O) groups is 1. The molecule has 0 aromatic carbocycles. The first-order valence-electron chi connectivity index (χ1n) is 10.9. The largest absolute Gasteiger partial charge is 0.349 e. The van der Waals surface area contributed by atoms with Crippen molar-refractivity contribution in [1.29, 1.82) is 0 Å². The molecule has 25 heavy (non-hydrogen) atoms. The van der Waals surface area contributed by atoms with Gasteiger partial charge in [-0.3, -0.25) is 0 Å². The van der Waals surface area contributed by atoms with Crippen LogP contribution in [-0.2, 0) is 14.3 Å². The summed E-state index contributed by atoms with van der Waals surface area (Å²) in [6, 6.07) is 0. The summed E-state index contributed by atoms with van der Waals surface area (Å²) >= 11 is 0. The van der Waals surface area contributed by atoms with Gasteiger partial charge in [0.1, 0.15) is 6.29 Å². The quantitative estimate of drug-likeness (QED) is 0.688. The topological polar surface area (TPSA) is 35.5 Å². The Hall–Kier alpha value is -0.410. The molecule has 134 valence electrons. The normalized spacial score (nSPS) is 77.9. The molecular weight excluding hydrogens is 312 g/mol. The van der Waals surface area contributed by atoms with Gasteiger partial charge in [-0.1, -0.05) is 13.8 Å². The van der Waals surface area contributed by atoms with Gasteiger partial charge in [0.15, 0.2) is 6.29 Å². The van der Waals surface area contributed by atoms with Gasteiger partial charge in [0.2, 0.25) is 0 Å². The highest BCUT2D eigenvalue weighted by Crippen LogP contribution is 2.87. The molecular formula is C22H28O3. The predicted octanol–water partition coefficient (Wildman–Crippen LogP) is 3.13. The van der Waals surface area contributed by atoms with Crippen molar-refractivity contribution < 1.29 is 14.3 Å². The summed E-state index contributed by atoms with van der Waals surface area (Å²) < 4.78 is 13.6. The fraction of sp³-hybridized carbons (Fsp3) is 0.955. The standard InChI is InChI=1S/C22H28O3/c1-21(7-23)16-8-3-5-11-13(8)19-14(16)15-17-9-4-6-10(12(9)18(15)21)24-20(25-11)22(17,19)2/h7-20H,3-6H2,1-2H3/t8-,9+,10+,11+,12+,13+,14+,15-,16+,17-,18-,19+,20+,21-,22-/m0/s1. The van der Waals surface area contributed by atoms with Gasteiger partial charge in [-0.05, 0) is 84.9 Å². The van der Waals surface area contributed by atoms with Gasteiger partial charge in [-0.25, -0.2) is 0 Å². The number of hydrogen-bond acceptors (Lipinski definition) is 3. The van der Waals surface area contributed by atoms with E-state index in [0.29, 0.717) is 30.0 Å². The number of aldehydes is 1. The summed E-state index contributed by atoms with van der Waals surface area (Å²) in [5, 5.41) is 0. The molecule has 15 atom stereocenters. The van der Waals surface area contributed by atoms with E-state index in [-0.39, 0.29) is 17.1 Å². The van der Waals surface area contributed by atoms with Crippen molar-refractivity contribution in [3.8, 4) is 0 Å². The molecule has 8 rings (SSSR count). The van der Waals surface area contributed by atoms with Crippen LogP contribution >= 0.6 is 0 Å². The first kappa shape index (κ1) is 13.7. The SMILES string of the molecule is C[C@@]1(C=O)[C@@H]2[C@H]3[C@@H]4[C@H]1[C@H]1CC[C@H]5O[C@H]6O[C@@H]7CC[C@H]([C@@H]27)[C@@H]3[C@@]6(C)[C@@H]4[C@H]15. The predicted molar refractivity (Wildman–Crippen MR) is 89.2 cm³/mol. The van der Waals surface area contributed by atoms with Crippen LogP contribution in [0, 0.1) is 70.0 Å². The van der Waals surface area contributed by atoms with Crippen LogP contribution in [0.4, 0.5) is 0 Å². The van der Waals surface area contributed by atoms with Crippen molar-refractivity contribution in [3.05, 3.63) is 0 Å². The summed E-state index contributed by atoms with van der Waals surface area (Å²) in [5.74, 6) is 7.30. The van der Waals surface area contributed by atoms with Crippen LogP contribution in [-0.4, -0.2) is 24.8 Å². The lowest BCUT2D eigenvalue weighted by Gasteiger charge is -2.52. The zero-order valence-electron chi connectivity index (χ0n) is 15.1. The minimum Gasteiger partial charge on any atom is -0.349 e. The maximum atomic E-state index is 12.6. The molecule has 3 nitrogen and oxygen atoms in total. The smallest absolute Gasteiger partial charge is 0.164 e. The number of hydrogen-bond donors (Lipinski definition) is 0. The molecule has 6 saturated carbocycles. The third-order valence-corrected chi connectivity index (χ3v) is 11.5. The molecule has 2 heterocycles. The van der Waals surface area contributed by atoms with Gasteiger partial charge in [-0.2, -0.15) is 0 Å². The molecule has 0 spiro atoms.